The molecular weight excluding hydrogens is 550 g/mol. The topological polar surface area (TPSA) is 80.4 Å². The van der Waals surface area contributed by atoms with Gasteiger partial charge in [0, 0.05) is 16.5 Å². The second-order valence-corrected chi connectivity index (χ2v) is 9.23. The minimum absolute atomic E-state index is 0.0758. The maximum Gasteiger partial charge on any atom is 0.256 e. The Balaban J connectivity index is 1.41. The average molecular weight is 572 g/mol. The zero-order valence-electron chi connectivity index (χ0n) is 17.4. The van der Waals surface area contributed by atoms with Crippen LogP contribution in [-0.4, -0.2) is 47.7 Å². The Kier molecular flexibility index (Phi) is 6.96. The molecule has 1 saturated heterocycles. The van der Waals surface area contributed by atoms with Gasteiger partial charge < -0.3 is 25.1 Å². The first-order chi connectivity index (χ1) is 15.8. The van der Waals surface area contributed by atoms with Gasteiger partial charge >= 0.3 is 0 Å². The lowest BCUT2D eigenvalue weighted by Gasteiger charge is -2.42. The number of nitrogens with zero attached hydrogens (tertiary/aromatic N) is 1. The molecule has 6 nitrogen and oxygen atoms in total. The SMILES string of the molecule is O=C(c1ccc(F)c(F)c1Nc1ccc(I)cc1F)N1CC([OH2+])(CNCCc2ccco2)C1. The third-order valence-corrected chi connectivity index (χ3v) is 6.05. The Hall–Kier alpha value is -2.57. The lowest BCUT2D eigenvalue weighted by molar-refractivity contribution is -0.0784. The first kappa shape index (κ1) is 23.6. The predicted molar refractivity (Wildman–Crippen MR) is 126 cm³/mol. The van der Waals surface area contributed by atoms with Crippen LogP contribution in [0.2, 0.25) is 0 Å². The maximum atomic E-state index is 14.6. The first-order valence-corrected chi connectivity index (χ1v) is 11.3. The lowest BCUT2D eigenvalue weighted by Crippen LogP contribution is -2.67. The molecule has 0 aliphatic carbocycles. The average Bonchev–Trinajstić information content (AvgIpc) is 3.27. The number of amides is 1. The molecule has 2 aromatic carbocycles. The van der Waals surface area contributed by atoms with Crippen molar-refractivity contribution >= 4 is 39.9 Å². The largest absolute Gasteiger partial charge is 0.469 e. The Bertz CT molecular complexity index is 1150. The number of anilines is 2. The summed E-state index contributed by atoms with van der Waals surface area (Å²) in [7, 11) is 0. The molecule has 0 spiro atoms. The molecule has 33 heavy (non-hydrogen) atoms. The molecule has 3 aromatic rings. The van der Waals surface area contributed by atoms with E-state index in [0.717, 1.165) is 11.8 Å². The molecule has 0 saturated carbocycles. The van der Waals surface area contributed by atoms with Gasteiger partial charge in [-0.1, -0.05) is 0 Å². The van der Waals surface area contributed by atoms with Crippen LogP contribution in [0.1, 0.15) is 16.1 Å². The molecule has 0 bridgehead atoms. The lowest BCUT2D eigenvalue weighted by atomic mass is 9.92. The van der Waals surface area contributed by atoms with Crippen LogP contribution >= 0.6 is 22.6 Å². The van der Waals surface area contributed by atoms with E-state index in [2.05, 4.69) is 10.6 Å². The van der Waals surface area contributed by atoms with Gasteiger partial charge in [-0.15, -0.1) is 0 Å². The highest BCUT2D eigenvalue weighted by molar-refractivity contribution is 14.1. The van der Waals surface area contributed by atoms with Gasteiger partial charge in [-0.3, -0.25) is 4.79 Å². The molecule has 2 heterocycles. The van der Waals surface area contributed by atoms with Crippen molar-refractivity contribution in [2.75, 3.05) is 31.5 Å². The van der Waals surface area contributed by atoms with Gasteiger partial charge in [-0.25, -0.2) is 13.2 Å². The van der Waals surface area contributed by atoms with Crippen molar-refractivity contribution in [3.63, 3.8) is 0 Å². The van der Waals surface area contributed by atoms with Crippen molar-refractivity contribution in [1.82, 2.24) is 10.2 Å². The molecule has 174 valence electrons. The predicted octanol–water partition coefficient (Wildman–Crippen LogP) is 3.80. The van der Waals surface area contributed by atoms with Crippen molar-refractivity contribution in [2.45, 2.75) is 12.0 Å². The molecule has 1 amide bonds. The van der Waals surface area contributed by atoms with Gasteiger partial charge in [0.15, 0.2) is 11.6 Å². The molecule has 4 N–H and O–H groups in total. The monoisotopic (exact) mass is 572 g/mol. The smallest absolute Gasteiger partial charge is 0.256 e. The molecule has 1 aliphatic rings. The van der Waals surface area contributed by atoms with E-state index in [1.54, 1.807) is 12.3 Å². The number of halogens is 4. The minimum atomic E-state index is -1.27. The molecule has 1 fully saturated rings. The maximum absolute atomic E-state index is 14.6. The van der Waals surface area contributed by atoms with E-state index < -0.39 is 34.6 Å². The van der Waals surface area contributed by atoms with E-state index >= 15 is 0 Å². The number of likely N-dealkylation sites (tertiary alicyclic amines) is 1. The fourth-order valence-electron chi connectivity index (χ4n) is 3.68. The van der Waals surface area contributed by atoms with Crippen molar-refractivity contribution < 1.29 is 27.5 Å². The number of rotatable bonds is 8. The van der Waals surface area contributed by atoms with Gasteiger partial charge in [-0.2, -0.15) is 0 Å². The highest BCUT2D eigenvalue weighted by Crippen LogP contribution is 2.31. The summed E-state index contributed by atoms with van der Waals surface area (Å²) in [5.41, 5.74) is -1.51. The standard InChI is InChI=1S/C23H21F3IN3O3/c24-17-5-4-16(21(20(17)26)29-19-6-3-14(27)10-18(19)25)22(31)30-12-23(32,13-30)11-28-8-7-15-2-1-9-33-15/h1-6,9-10,28-29,32H,7-8,11-13H2/p+1. The molecular formula is C23H22F3IN3O3+. The van der Waals surface area contributed by atoms with Gasteiger partial charge in [-0.05, 0) is 65.1 Å². The second kappa shape index (κ2) is 9.74. The van der Waals surface area contributed by atoms with E-state index in [0.29, 0.717) is 23.1 Å². The molecule has 0 unspecified atom stereocenters. The summed E-state index contributed by atoms with van der Waals surface area (Å²) in [6.07, 6.45) is 2.29. The summed E-state index contributed by atoms with van der Waals surface area (Å²) in [4.78, 5) is 14.4. The summed E-state index contributed by atoms with van der Waals surface area (Å²) in [5, 5.41) is 14.2. The highest BCUT2D eigenvalue weighted by Gasteiger charge is 2.48. The number of nitrogens with one attached hydrogen (secondary N) is 2. The van der Waals surface area contributed by atoms with Crippen molar-refractivity contribution in [3.05, 3.63) is 81.1 Å². The third kappa shape index (κ3) is 5.33. The van der Waals surface area contributed by atoms with Crippen LogP contribution < -0.4 is 10.6 Å². The number of benzene rings is 2. The van der Waals surface area contributed by atoms with Crippen LogP contribution in [0.25, 0.3) is 0 Å². The van der Waals surface area contributed by atoms with Crippen LogP contribution in [0.4, 0.5) is 24.5 Å². The molecule has 10 heteroatoms. The van der Waals surface area contributed by atoms with Crippen LogP contribution in [0.3, 0.4) is 0 Å². The summed E-state index contributed by atoms with van der Waals surface area (Å²) in [6.45, 7) is 1.26. The van der Waals surface area contributed by atoms with Crippen LogP contribution in [-0.2, 0) is 6.42 Å². The van der Waals surface area contributed by atoms with E-state index in [9.17, 15) is 18.0 Å². The number of hydrogen-bond acceptors (Lipinski definition) is 4. The number of carbonyl (C=O) groups is 1. The van der Waals surface area contributed by atoms with Crippen molar-refractivity contribution in [2.24, 2.45) is 0 Å². The third-order valence-electron chi connectivity index (χ3n) is 5.38. The highest BCUT2D eigenvalue weighted by atomic mass is 127. The number of furan rings is 1. The molecule has 0 radical (unpaired) electrons. The molecule has 0 atom stereocenters. The van der Waals surface area contributed by atoms with E-state index in [1.807, 2.05) is 34.7 Å². The minimum Gasteiger partial charge on any atom is -0.469 e. The van der Waals surface area contributed by atoms with Crippen molar-refractivity contribution in [1.29, 1.82) is 0 Å². The van der Waals surface area contributed by atoms with E-state index in [1.165, 1.54) is 23.1 Å². The fourth-order valence-corrected chi connectivity index (χ4v) is 4.13. The molecule has 1 aliphatic heterocycles. The zero-order valence-corrected chi connectivity index (χ0v) is 19.6. The fraction of sp³-hybridized carbons (Fsp3) is 0.261. The number of hydrogen-bond donors (Lipinski definition) is 2. The zero-order chi connectivity index (χ0) is 23.6. The number of carbonyl (C=O) groups excluding carboxylic acids is 1. The Labute approximate surface area is 201 Å². The summed E-state index contributed by atoms with van der Waals surface area (Å²) in [5.74, 6) is -2.79. The van der Waals surface area contributed by atoms with Crippen LogP contribution in [0.5, 0.6) is 0 Å². The molecule has 4 rings (SSSR count). The van der Waals surface area contributed by atoms with Crippen LogP contribution in [0, 0.1) is 21.0 Å². The van der Waals surface area contributed by atoms with Gasteiger partial charge in [0.1, 0.15) is 11.6 Å². The van der Waals surface area contributed by atoms with Gasteiger partial charge in [0.25, 0.3) is 5.91 Å². The summed E-state index contributed by atoms with van der Waals surface area (Å²) in [6, 6.07) is 9.95. The Morgan fingerprint density at radius 3 is 2.64 bits per heavy atom. The van der Waals surface area contributed by atoms with Crippen LogP contribution in [0.15, 0.2) is 53.1 Å². The van der Waals surface area contributed by atoms with Gasteiger partial charge in [0.05, 0.1) is 42.8 Å². The normalized spacial score (nSPS) is 14.8. The Morgan fingerprint density at radius 1 is 1.15 bits per heavy atom. The van der Waals surface area contributed by atoms with E-state index in [-0.39, 0.29) is 24.3 Å². The summed E-state index contributed by atoms with van der Waals surface area (Å²) < 4.78 is 48.7. The second-order valence-electron chi connectivity index (χ2n) is 7.98. The van der Waals surface area contributed by atoms with E-state index in [4.69, 9.17) is 9.52 Å². The quantitative estimate of drug-likeness (QED) is 0.245. The van der Waals surface area contributed by atoms with Crippen molar-refractivity contribution in [3.8, 4) is 0 Å². The first-order valence-electron chi connectivity index (χ1n) is 10.2. The Morgan fingerprint density at radius 2 is 1.94 bits per heavy atom. The molecule has 1 aromatic heterocycles. The van der Waals surface area contributed by atoms with Gasteiger partial charge in [0.2, 0.25) is 5.60 Å². The summed E-state index contributed by atoms with van der Waals surface area (Å²) >= 11 is 1.93.